The van der Waals surface area contributed by atoms with Crippen molar-refractivity contribution in [3.05, 3.63) is 41.7 Å². The third kappa shape index (κ3) is 2.37. The summed E-state index contributed by atoms with van der Waals surface area (Å²) in [4.78, 5) is 26.4. The first-order chi connectivity index (χ1) is 8.60. The first kappa shape index (κ1) is 11.8. The Bertz CT molecular complexity index is 558. The van der Waals surface area contributed by atoms with Crippen molar-refractivity contribution in [2.75, 3.05) is 7.11 Å². The van der Waals surface area contributed by atoms with E-state index in [1.165, 1.54) is 7.11 Å². The van der Waals surface area contributed by atoms with Crippen molar-refractivity contribution in [1.82, 2.24) is 0 Å². The number of nitrogens with two attached hydrogens (primary N) is 1. The third-order valence-corrected chi connectivity index (χ3v) is 2.27. The van der Waals surface area contributed by atoms with Crippen LogP contribution in [0.4, 0.5) is 0 Å². The second kappa shape index (κ2) is 4.70. The van der Waals surface area contributed by atoms with Crippen LogP contribution < -0.4 is 10.5 Å². The van der Waals surface area contributed by atoms with Gasteiger partial charge in [0.05, 0.1) is 7.11 Å². The molecule has 18 heavy (non-hydrogen) atoms. The Kier molecular flexibility index (Phi) is 3.09. The van der Waals surface area contributed by atoms with E-state index in [1.54, 1.807) is 24.3 Å². The van der Waals surface area contributed by atoms with Gasteiger partial charge in [-0.1, -0.05) is 0 Å². The van der Waals surface area contributed by atoms with Gasteiger partial charge in [-0.05, 0) is 24.3 Å². The number of allylic oxidation sites excluding steroid dienone is 1. The van der Waals surface area contributed by atoms with E-state index in [9.17, 15) is 9.59 Å². The Balaban J connectivity index is 2.17. The van der Waals surface area contributed by atoms with Gasteiger partial charge in [0.2, 0.25) is 5.76 Å². The van der Waals surface area contributed by atoms with E-state index in [0.29, 0.717) is 11.3 Å². The Labute approximate surface area is 103 Å². The fraction of sp³-hybridized carbons (Fsp3) is 0.0833. The number of carbonyl (C=O) groups excluding carboxylic acids is 2. The normalized spacial score (nSPS) is 16.4. The molecule has 0 saturated heterocycles. The molecule has 92 valence electrons. The van der Waals surface area contributed by atoms with E-state index in [1.807, 2.05) is 0 Å². The van der Waals surface area contributed by atoms with Gasteiger partial charge in [0, 0.05) is 11.6 Å². The summed E-state index contributed by atoms with van der Waals surface area (Å²) >= 11 is 0. The summed E-state index contributed by atoms with van der Waals surface area (Å²) in [5.41, 5.74) is 5.61. The average Bonchev–Trinajstić information content (AvgIpc) is 2.68. The summed E-state index contributed by atoms with van der Waals surface area (Å²) in [6.45, 7) is 0. The van der Waals surface area contributed by atoms with Gasteiger partial charge in [-0.2, -0.15) is 4.99 Å². The number of benzene rings is 1. The topological polar surface area (TPSA) is 91.0 Å². The largest absolute Gasteiger partial charge is 0.497 e. The number of carbonyl (C=O) groups is 2. The molecule has 0 fully saturated rings. The Morgan fingerprint density at radius 2 is 2.06 bits per heavy atom. The van der Waals surface area contributed by atoms with Crippen LogP contribution >= 0.6 is 0 Å². The van der Waals surface area contributed by atoms with Gasteiger partial charge >= 0.3 is 5.91 Å². The number of aliphatic imine (C=N–C) groups is 1. The smallest absolute Gasteiger partial charge is 0.317 e. The van der Waals surface area contributed by atoms with Crippen LogP contribution in [0, 0.1) is 0 Å². The fourth-order valence-electron chi connectivity index (χ4n) is 1.38. The molecule has 2 rings (SSSR count). The second-order valence-corrected chi connectivity index (χ2v) is 3.46. The van der Waals surface area contributed by atoms with E-state index in [2.05, 4.69) is 4.99 Å². The summed E-state index contributed by atoms with van der Waals surface area (Å²) in [5.74, 6) is -0.562. The quantitative estimate of drug-likeness (QED) is 0.624. The predicted molar refractivity (Wildman–Crippen MR) is 63.1 cm³/mol. The molecular formula is C12H10N2O4. The molecule has 1 amide bonds. The molecule has 2 N–H and O–H groups in total. The van der Waals surface area contributed by atoms with Crippen molar-refractivity contribution in [1.29, 1.82) is 0 Å². The van der Waals surface area contributed by atoms with Crippen LogP contribution in [-0.2, 0) is 9.53 Å². The molecule has 0 aromatic heterocycles. The van der Waals surface area contributed by atoms with Crippen LogP contribution in [-0.4, -0.2) is 24.8 Å². The molecule has 0 saturated carbocycles. The average molecular weight is 246 g/mol. The van der Waals surface area contributed by atoms with E-state index in [4.69, 9.17) is 15.2 Å². The number of nitrogens with zero attached hydrogens (tertiary/aromatic N) is 1. The molecule has 6 nitrogen and oxygen atoms in total. The zero-order chi connectivity index (χ0) is 13.1. The zero-order valence-corrected chi connectivity index (χ0v) is 9.54. The number of ketones is 1. The van der Waals surface area contributed by atoms with Gasteiger partial charge in [-0.25, -0.2) is 0 Å². The highest BCUT2D eigenvalue weighted by molar-refractivity contribution is 6.12. The molecule has 1 aromatic rings. The molecule has 1 aliphatic rings. The van der Waals surface area contributed by atoms with Gasteiger partial charge in [0.1, 0.15) is 5.75 Å². The summed E-state index contributed by atoms with van der Waals surface area (Å²) in [6.07, 6.45) is 1.06. The third-order valence-electron chi connectivity index (χ3n) is 2.27. The highest BCUT2D eigenvalue weighted by atomic mass is 16.5. The minimum absolute atomic E-state index is 0.173. The van der Waals surface area contributed by atoms with Crippen molar-refractivity contribution < 1.29 is 19.1 Å². The van der Waals surface area contributed by atoms with E-state index >= 15 is 0 Å². The van der Waals surface area contributed by atoms with E-state index in [-0.39, 0.29) is 17.6 Å². The molecule has 0 atom stereocenters. The molecule has 1 heterocycles. The fourth-order valence-corrected chi connectivity index (χ4v) is 1.38. The van der Waals surface area contributed by atoms with Gasteiger partial charge < -0.3 is 15.2 Å². The molecule has 0 unspecified atom stereocenters. The molecule has 1 aliphatic heterocycles. The number of hydrogen-bond acceptors (Lipinski definition) is 5. The molecule has 1 aromatic carbocycles. The second-order valence-electron chi connectivity index (χ2n) is 3.46. The maximum absolute atomic E-state index is 11.8. The summed E-state index contributed by atoms with van der Waals surface area (Å²) < 4.78 is 9.78. The van der Waals surface area contributed by atoms with Crippen LogP contribution in [0.25, 0.3) is 0 Å². The van der Waals surface area contributed by atoms with Crippen molar-refractivity contribution in [3.8, 4) is 5.75 Å². The lowest BCUT2D eigenvalue weighted by atomic mass is 10.1. The van der Waals surface area contributed by atoms with Gasteiger partial charge in [-0.15, -0.1) is 0 Å². The SMILES string of the molecule is COc1ccc(C(=O)/C=C2\OC(N)=NC2=O)cc1. The van der Waals surface area contributed by atoms with Crippen LogP contribution in [0.5, 0.6) is 5.75 Å². The number of hydrogen-bond donors (Lipinski definition) is 1. The van der Waals surface area contributed by atoms with Crippen molar-refractivity contribution in [2.45, 2.75) is 0 Å². The summed E-state index contributed by atoms with van der Waals surface area (Å²) in [5, 5.41) is 0. The van der Waals surface area contributed by atoms with Crippen molar-refractivity contribution >= 4 is 17.7 Å². The lowest BCUT2D eigenvalue weighted by molar-refractivity contribution is -0.115. The van der Waals surface area contributed by atoms with Gasteiger partial charge in [-0.3, -0.25) is 9.59 Å². The van der Waals surface area contributed by atoms with E-state index in [0.717, 1.165) is 6.08 Å². The number of methoxy groups -OCH3 is 1. The Morgan fingerprint density at radius 1 is 1.39 bits per heavy atom. The van der Waals surface area contributed by atoms with Crippen LogP contribution in [0.3, 0.4) is 0 Å². The first-order valence-electron chi connectivity index (χ1n) is 5.06. The predicted octanol–water partition coefficient (Wildman–Crippen LogP) is 0.633. The van der Waals surface area contributed by atoms with E-state index < -0.39 is 5.91 Å². The standard InChI is InChI=1S/C12H10N2O4/c1-17-8-4-2-7(3-5-8)9(15)6-10-11(16)14-12(13)18-10/h2-6H,1H3,(H2,13,14,16)/b10-6-. The summed E-state index contributed by atoms with van der Waals surface area (Å²) in [6, 6.07) is 6.21. The molecule has 0 aliphatic carbocycles. The van der Waals surface area contributed by atoms with Crippen LogP contribution in [0.15, 0.2) is 41.1 Å². The minimum Gasteiger partial charge on any atom is -0.497 e. The van der Waals surface area contributed by atoms with Gasteiger partial charge in [0.25, 0.3) is 6.02 Å². The van der Waals surface area contributed by atoms with Gasteiger partial charge in [0.15, 0.2) is 5.78 Å². The first-order valence-corrected chi connectivity index (χ1v) is 5.06. The highest BCUT2D eigenvalue weighted by Gasteiger charge is 2.22. The van der Waals surface area contributed by atoms with Crippen LogP contribution in [0.1, 0.15) is 10.4 Å². The molecular weight excluding hydrogens is 236 g/mol. The molecule has 0 bridgehead atoms. The Morgan fingerprint density at radius 3 is 2.56 bits per heavy atom. The highest BCUT2D eigenvalue weighted by Crippen LogP contribution is 2.14. The monoisotopic (exact) mass is 246 g/mol. The lowest BCUT2D eigenvalue weighted by Crippen LogP contribution is -2.10. The molecule has 6 heteroatoms. The summed E-state index contributed by atoms with van der Waals surface area (Å²) in [7, 11) is 1.53. The number of amides is 1. The van der Waals surface area contributed by atoms with Crippen molar-refractivity contribution in [2.24, 2.45) is 10.7 Å². The zero-order valence-electron chi connectivity index (χ0n) is 9.54. The van der Waals surface area contributed by atoms with Crippen molar-refractivity contribution in [3.63, 3.8) is 0 Å². The lowest BCUT2D eigenvalue weighted by Gasteiger charge is -2.00. The maximum Gasteiger partial charge on any atom is 0.317 e. The maximum atomic E-state index is 11.8. The number of amidine groups is 1. The Hall–Kier alpha value is -2.63. The molecule has 0 spiro atoms. The number of rotatable bonds is 3. The van der Waals surface area contributed by atoms with Crippen LogP contribution in [0.2, 0.25) is 0 Å². The number of ether oxygens (including phenoxy) is 2. The minimum atomic E-state index is -0.658. The molecule has 0 radical (unpaired) electrons.